The third-order valence-corrected chi connectivity index (χ3v) is 4.16. The van der Waals surface area contributed by atoms with Crippen LogP contribution in [0, 0.1) is 9.39 Å². The molecule has 0 amide bonds. The number of carbonyl (C=O) groups excluding carboxylic acids is 1. The molecule has 0 radical (unpaired) electrons. The van der Waals surface area contributed by atoms with Gasteiger partial charge in [-0.15, -0.1) is 0 Å². The van der Waals surface area contributed by atoms with Crippen molar-refractivity contribution in [1.82, 2.24) is 0 Å². The first-order chi connectivity index (χ1) is 8.99. The van der Waals surface area contributed by atoms with Gasteiger partial charge in [-0.1, -0.05) is 29.3 Å². The smallest absolute Gasteiger partial charge is 0.168 e. The van der Waals surface area contributed by atoms with Gasteiger partial charge in [0.2, 0.25) is 0 Å². The Kier molecular flexibility index (Phi) is 4.81. The molecule has 0 aliphatic rings. The molecule has 0 aliphatic heterocycles. The van der Waals surface area contributed by atoms with Crippen molar-refractivity contribution in [2.75, 3.05) is 0 Å². The first kappa shape index (κ1) is 14.8. The molecule has 2 aromatic carbocycles. The van der Waals surface area contributed by atoms with E-state index in [9.17, 15) is 9.18 Å². The van der Waals surface area contributed by atoms with Gasteiger partial charge in [-0.2, -0.15) is 0 Å². The zero-order valence-corrected chi connectivity index (χ0v) is 13.3. The first-order valence-electron chi connectivity index (χ1n) is 5.40. The van der Waals surface area contributed by atoms with Gasteiger partial charge in [0, 0.05) is 31.2 Å². The summed E-state index contributed by atoms with van der Waals surface area (Å²) in [5.74, 6) is -0.684. The van der Waals surface area contributed by atoms with Crippen LogP contribution in [0.1, 0.15) is 15.9 Å². The molecule has 0 spiro atoms. The van der Waals surface area contributed by atoms with Gasteiger partial charge in [0.15, 0.2) is 5.78 Å². The summed E-state index contributed by atoms with van der Waals surface area (Å²) in [5.41, 5.74) is 0.692. The lowest BCUT2D eigenvalue weighted by molar-refractivity contribution is 0.0991. The van der Waals surface area contributed by atoms with Gasteiger partial charge in [0.05, 0.1) is 0 Å². The van der Waals surface area contributed by atoms with Crippen molar-refractivity contribution >= 4 is 51.6 Å². The van der Waals surface area contributed by atoms with Gasteiger partial charge in [0.1, 0.15) is 5.82 Å². The molecule has 5 heteroatoms. The van der Waals surface area contributed by atoms with E-state index in [4.69, 9.17) is 23.2 Å². The fraction of sp³-hybridized carbons (Fsp3) is 0.0714. The Morgan fingerprint density at radius 3 is 2.63 bits per heavy atom. The van der Waals surface area contributed by atoms with Gasteiger partial charge < -0.3 is 0 Å². The molecule has 2 aromatic rings. The van der Waals surface area contributed by atoms with Crippen LogP contribution in [-0.4, -0.2) is 5.78 Å². The SMILES string of the molecule is O=C(Cc1c(F)cccc1Cl)c1cc(Cl)ccc1I. The molecule has 0 atom stereocenters. The van der Waals surface area contributed by atoms with Crippen LogP contribution in [0.5, 0.6) is 0 Å². The molecular formula is C14H8Cl2FIO. The summed E-state index contributed by atoms with van der Waals surface area (Å²) in [4.78, 5) is 12.2. The molecule has 0 aliphatic carbocycles. The highest BCUT2D eigenvalue weighted by atomic mass is 127. The second kappa shape index (κ2) is 6.20. The number of rotatable bonds is 3. The Labute approximate surface area is 133 Å². The lowest BCUT2D eigenvalue weighted by atomic mass is 10.0. The van der Waals surface area contributed by atoms with E-state index < -0.39 is 5.82 Å². The van der Waals surface area contributed by atoms with Crippen LogP contribution in [0.4, 0.5) is 4.39 Å². The highest BCUT2D eigenvalue weighted by Crippen LogP contribution is 2.24. The standard InChI is InChI=1S/C14H8Cl2FIO/c15-8-4-5-13(18)10(6-8)14(19)7-9-11(16)2-1-3-12(9)17/h1-6H,7H2. The minimum absolute atomic E-state index is 0.0815. The molecule has 0 fully saturated rings. The number of ketones is 1. The second-order valence-electron chi connectivity index (χ2n) is 3.92. The van der Waals surface area contributed by atoms with E-state index in [1.165, 1.54) is 12.1 Å². The van der Waals surface area contributed by atoms with Crippen LogP contribution >= 0.6 is 45.8 Å². The van der Waals surface area contributed by atoms with Gasteiger partial charge in [-0.25, -0.2) is 4.39 Å². The summed E-state index contributed by atoms with van der Waals surface area (Å²) in [6, 6.07) is 9.40. The Bertz CT molecular complexity index is 623. The van der Waals surface area contributed by atoms with Crippen LogP contribution in [0.15, 0.2) is 36.4 Å². The van der Waals surface area contributed by atoms with Crippen LogP contribution in [-0.2, 0) is 6.42 Å². The van der Waals surface area contributed by atoms with E-state index in [1.54, 1.807) is 24.3 Å². The third-order valence-electron chi connectivity index (χ3n) is 2.63. The predicted molar refractivity (Wildman–Crippen MR) is 83.6 cm³/mol. The Balaban J connectivity index is 2.34. The fourth-order valence-corrected chi connectivity index (χ4v) is 2.71. The molecule has 1 nitrogen and oxygen atoms in total. The lowest BCUT2D eigenvalue weighted by Gasteiger charge is -2.07. The van der Waals surface area contributed by atoms with E-state index >= 15 is 0 Å². The maximum Gasteiger partial charge on any atom is 0.168 e. The molecule has 0 bridgehead atoms. The molecule has 0 N–H and O–H groups in total. The quantitative estimate of drug-likeness (QED) is 0.506. The van der Waals surface area contributed by atoms with E-state index in [-0.39, 0.29) is 22.8 Å². The summed E-state index contributed by atoms with van der Waals surface area (Å²) < 4.78 is 14.4. The van der Waals surface area contributed by atoms with E-state index in [2.05, 4.69) is 0 Å². The average molecular weight is 409 g/mol. The highest BCUT2D eigenvalue weighted by molar-refractivity contribution is 14.1. The van der Waals surface area contributed by atoms with E-state index in [0.29, 0.717) is 10.6 Å². The summed E-state index contributed by atoms with van der Waals surface area (Å²) in [6.45, 7) is 0. The number of halogens is 4. The summed E-state index contributed by atoms with van der Waals surface area (Å²) in [6.07, 6.45) is -0.0815. The molecule has 0 unspecified atom stereocenters. The molecule has 0 saturated carbocycles. The number of carbonyl (C=O) groups is 1. The number of benzene rings is 2. The molecule has 19 heavy (non-hydrogen) atoms. The predicted octanol–water partition coefficient (Wildman–Crippen LogP) is 5.16. The highest BCUT2D eigenvalue weighted by Gasteiger charge is 2.16. The fourth-order valence-electron chi connectivity index (χ4n) is 1.67. The van der Waals surface area contributed by atoms with Gasteiger partial charge in [0.25, 0.3) is 0 Å². The summed E-state index contributed by atoms with van der Waals surface area (Å²) in [7, 11) is 0. The molecule has 98 valence electrons. The Morgan fingerprint density at radius 2 is 1.95 bits per heavy atom. The number of hydrogen-bond donors (Lipinski definition) is 0. The summed E-state index contributed by atoms with van der Waals surface area (Å²) in [5, 5.41) is 0.730. The van der Waals surface area contributed by atoms with Crippen molar-refractivity contribution in [2.45, 2.75) is 6.42 Å². The molecule has 0 heterocycles. The van der Waals surface area contributed by atoms with Crippen molar-refractivity contribution in [3.05, 3.63) is 67.0 Å². The minimum atomic E-state index is -0.474. The van der Waals surface area contributed by atoms with Crippen molar-refractivity contribution in [3.63, 3.8) is 0 Å². The zero-order chi connectivity index (χ0) is 14.0. The maximum atomic E-state index is 13.6. The minimum Gasteiger partial charge on any atom is -0.294 e. The second-order valence-corrected chi connectivity index (χ2v) is 5.93. The van der Waals surface area contributed by atoms with Crippen LogP contribution < -0.4 is 0 Å². The lowest BCUT2D eigenvalue weighted by Crippen LogP contribution is -2.07. The Morgan fingerprint density at radius 1 is 1.21 bits per heavy atom. The summed E-state index contributed by atoms with van der Waals surface area (Å²) >= 11 is 13.8. The van der Waals surface area contributed by atoms with Crippen molar-refractivity contribution in [2.24, 2.45) is 0 Å². The third kappa shape index (κ3) is 3.46. The normalized spacial score (nSPS) is 10.5. The molecule has 2 rings (SSSR count). The average Bonchev–Trinajstić information content (AvgIpc) is 2.37. The van der Waals surface area contributed by atoms with Gasteiger partial charge in [-0.3, -0.25) is 4.79 Å². The monoisotopic (exact) mass is 408 g/mol. The molecule has 0 aromatic heterocycles. The first-order valence-corrected chi connectivity index (χ1v) is 7.23. The molecular weight excluding hydrogens is 401 g/mol. The van der Waals surface area contributed by atoms with Crippen molar-refractivity contribution in [1.29, 1.82) is 0 Å². The van der Waals surface area contributed by atoms with Crippen LogP contribution in [0.3, 0.4) is 0 Å². The largest absolute Gasteiger partial charge is 0.294 e. The maximum absolute atomic E-state index is 13.6. The van der Waals surface area contributed by atoms with Crippen LogP contribution in [0.2, 0.25) is 10.0 Å². The van der Waals surface area contributed by atoms with Crippen LogP contribution in [0.25, 0.3) is 0 Å². The number of hydrogen-bond acceptors (Lipinski definition) is 1. The zero-order valence-electron chi connectivity index (χ0n) is 9.59. The van der Waals surface area contributed by atoms with Gasteiger partial charge >= 0.3 is 0 Å². The topological polar surface area (TPSA) is 17.1 Å². The number of Topliss-reactive ketones (excluding diaryl/α,β-unsaturated/α-hetero) is 1. The van der Waals surface area contributed by atoms with Crippen molar-refractivity contribution in [3.8, 4) is 0 Å². The van der Waals surface area contributed by atoms with Crippen molar-refractivity contribution < 1.29 is 9.18 Å². The molecule has 0 saturated heterocycles. The van der Waals surface area contributed by atoms with E-state index in [0.717, 1.165) is 3.57 Å². The van der Waals surface area contributed by atoms with Gasteiger partial charge in [-0.05, 0) is 52.9 Å². The van der Waals surface area contributed by atoms with E-state index in [1.807, 2.05) is 22.6 Å². The Hall–Kier alpha value is -0.650.